The van der Waals surface area contributed by atoms with Crippen molar-refractivity contribution in [3.63, 3.8) is 0 Å². The number of hydrogen-bond acceptors (Lipinski definition) is 7. The number of rotatable bonds is 6. The van der Waals surface area contributed by atoms with Gasteiger partial charge in [0.05, 0.1) is 19.2 Å². The molecule has 0 spiro atoms. The number of alkyl halides is 2. The molecular formula is C20H23F2N7O. The van der Waals surface area contributed by atoms with Crippen LogP contribution in [0.2, 0.25) is 0 Å². The third-order valence-corrected chi connectivity index (χ3v) is 5.59. The molecule has 10 heteroatoms. The number of nitrogens with one attached hydrogen (secondary N) is 2. The molecule has 30 heavy (non-hydrogen) atoms. The van der Waals surface area contributed by atoms with Crippen molar-refractivity contribution in [2.24, 2.45) is 0 Å². The van der Waals surface area contributed by atoms with E-state index in [-0.39, 0.29) is 6.42 Å². The van der Waals surface area contributed by atoms with E-state index in [1.807, 2.05) is 24.3 Å². The van der Waals surface area contributed by atoms with Crippen molar-refractivity contribution in [1.29, 1.82) is 0 Å². The molecule has 8 nitrogen and oxygen atoms in total. The summed E-state index contributed by atoms with van der Waals surface area (Å²) >= 11 is 0. The van der Waals surface area contributed by atoms with Crippen molar-refractivity contribution in [1.82, 2.24) is 24.9 Å². The van der Waals surface area contributed by atoms with Gasteiger partial charge in [-0.05, 0) is 17.7 Å². The Bertz CT molecular complexity index is 1050. The average Bonchev–Trinajstić information content (AvgIpc) is 3.20. The van der Waals surface area contributed by atoms with Crippen LogP contribution in [0.1, 0.15) is 23.5 Å². The SMILES string of the molecule is COc1ccc(CNc2nc(N3CCNCC3)nc3c(C4CC4(F)F)cnn23)cc1. The quantitative estimate of drug-likeness (QED) is 0.639. The maximum absolute atomic E-state index is 13.7. The monoisotopic (exact) mass is 415 g/mol. The van der Waals surface area contributed by atoms with Gasteiger partial charge < -0.3 is 20.3 Å². The Morgan fingerprint density at radius 1 is 1.20 bits per heavy atom. The first-order valence-electron chi connectivity index (χ1n) is 10.0. The summed E-state index contributed by atoms with van der Waals surface area (Å²) in [5.74, 6) is -1.70. The largest absolute Gasteiger partial charge is 0.497 e. The molecular weight excluding hydrogens is 392 g/mol. The lowest BCUT2D eigenvalue weighted by Crippen LogP contribution is -2.44. The Morgan fingerprint density at radius 3 is 2.60 bits per heavy atom. The fourth-order valence-corrected chi connectivity index (χ4v) is 3.73. The van der Waals surface area contributed by atoms with E-state index < -0.39 is 11.8 Å². The number of halogens is 2. The van der Waals surface area contributed by atoms with Crippen LogP contribution in [-0.4, -0.2) is 58.8 Å². The molecule has 1 aromatic carbocycles. The molecule has 1 atom stereocenters. The lowest BCUT2D eigenvalue weighted by atomic mass is 10.2. The molecule has 0 bridgehead atoms. The molecule has 1 unspecified atom stereocenters. The summed E-state index contributed by atoms with van der Waals surface area (Å²) in [5, 5.41) is 10.9. The van der Waals surface area contributed by atoms with Crippen LogP contribution in [0.3, 0.4) is 0 Å². The fraction of sp³-hybridized carbons (Fsp3) is 0.450. The summed E-state index contributed by atoms with van der Waals surface area (Å²) in [7, 11) is 1.63. The Kier molecular flexibility index (Phi) is 4.65. The van der Waals surface area contributed by atoms with Crippen molar-refractivity contribution < 1.29 is 13.5 Å². The van der Waals surface area contributed by atoms with Gasteiger partial charge in [0.2, 0.25) is 11.9 Å². The maximum atomic E-state index is 13.7. The fourth-order valence-electron chi connectivity index (χ4n) is 3.73. The normalized spacial score (nSPS) is 20.4. The molecule has 3 heterocycles. The molecule has 2 aliphatic rings. The van der Waals surface area contributed by atoms with Crippen LogP contribution in [-0.2, 0) is 6.54 Å². The molecule has 2 aromatic heterocycles. The molecule has 2 fully saturated rings. The van der Waals surface area contributed by atoms with E-state index in [2.05, 4.69) is 30.6 Å². The molecule has 2 N–H and O–H groups in total. The van der Waals surface area contributed by atoms with Crippen molar-refractivity contribution >= 4 is 17.5 Å². The highest BCUT2D eigenvalue weighted by atomic mass is 19.3. The second kappa shape index (κ2) is 7.35. The number of hydrogen-bond donors (Lipinski definition) is 2. The number of ether oxygens (including phenoxy) is 1. The Hall–Kier alpha value is -3.01. The van der Waals surface area contributed by atoms with E-state index in [1.165, 1.54) is 10.7 Å². The van der Waals surface area contributed by atoms with Gasteiger partial charge >= 0.3 is 0 Å². The first-order valence-corrected chi connectivity index (χ1v) is 10.0. The number of benzene rings is 1. The highest BCUT2D eigenvalue weighted by Gasteiger charge is 2.59. The first kappa shape index (κ1) is 19.0. The number of piperazine rings is 1. The lowest BCUT2D eigenvalue weighted by Gasteiger charge is -2.27. The van der Waals surface area contributed by atoms with Gasteiger partial charge in [0.1, 0.15) is 5.75 Å². The summed E-state index contributed by atoms with van der Waals surface area (Å²) in [6.07, 6.45) is 1.34. The van der Waals surface area contributed by atoms with Gasteiger partial charge in [-0.3, -0.25) is 0 Å². The minimum atomic E-state index is -2.68. The summed E-state index contributed by atoms with van der Waals surface area (Å²) < 4.78 is 34.2. The predicted octanol–water partition coefficient (Wildman–Crippen LogP) is 2.28. The minimum absolute atomic E-state index is 0.157. The number of anilines is 2. The molecule has 1 aliphatic carbocycles. The van der Waals surface area contributed by atoms with Gasteiger partial charge in [-0.2, -0.15) is 19.6 Å². The summed E-state index contributed by atoms with van der Waals surface area (Å²) in [4.78, 5) is 11.4. The van der Waals surface area contributed by atoms with Gasteiger partial charge in [-0.25, -0.2) is 8.78 Å². The van der Waals surface area contributed by atoms with E-state index in [1.54, 1.807) is 7.11 Å². The van der Waals surface area contributed by atoms with Crippen LogP contribution < -0.4 is 20.3 Å². The minimum Gasteiger partial charge on any atom is -0.497 e. The third kappa shape index (κ3) is 3.51. The zero-order valence-electron chi connectivity index (χ0n) is 16.6. The standard InChI is InChI=1S/C20H23F2N7O/c1-30-14-4-2-13(3-5-14)11-24-18-27-19(28-8-6-23-7-9-28)26-17-15(12-25-29(17)18)16-10-20(16,21)22/h2-5,12,16,23H,6-11H2,1H3,(H,24,26,27). The smallest absolute Gasteiger partial charge is 0.256 e. The zero-order chi connectivity index (χ0) is 20.7. The van der Waals surface area contributed by atoms with Crippen molar-refractivity contribution in [3.8, 4) is 5.75 Å². The second-order valence-electron chi connectivity index (χ2n) is 7.64. The number of fused-ring (bicyclic) bond motifs is 1. The van der Waals surface area contributed by atoms with Crippen molar-refractivity contribution in [3.05, 3.63) is 41.6 Å². The van der Waals surface area contributed by atoms with Gasteiger partial charge in [-0.15, -0.1) is 0 Å². The molecule has 3 aromatic rings. The molecule has 1 saturated heterocycles. The van der Waals surface area contributed by atoms with E-state index >= 15 is 0 Å². The van der Waals surface area contributed by atoms with Gasteiger partial charge in [0.25, 0.3) is 5.92 Å². The maximum Gasteiger partial charge on any atom is 0.256 e. The zero-order valence-corrected chi connectivity index (χ0v) is 16.6. The number of methoxy groups -OCH3 is 1. The van der Waals surface area contributed by atoms with Crippen LogP contribution >= 0.6 is 0 Å². The Morgan fingerprint density at radius 2 is 1.93 bits per heavy atom. The molecule has 1 aliphatic heterocycles. The van der Waals surface area contributed by atoms with Crippen LogP contribution in [0.15, 0.2) is 30.5 Å². The lowest BCUT2D eigenvalue weighted by molar-refractivity contribution is 0.112. The van der Waals surface area contributed by atoms with Crippen LogP contribution in [0.5, 0.6) is 5.75 Å². The summed E-state index contributed by atoms with van der Waals surface area (Å²) in [6, 6.07) is 7.70. The molecule has 0 radical (unpaired) electrons. The van der Waals surface area contributed by atoms with Gasteiger partial charge in [0, 0.05) is 44.7 Å². The molecule has 5 rings (SSSR count). The average molecular weight is 415 g/mol. The Labute approximate surface area is 172 Å². The van der Waals surface area contributed by atoms with E-state index in [4.69, 9.17) is 4.74 Å². The number of aromatic nitrogens is 4. The topological polar surface area (TPSA) is 79.6 Å². The molecule has 158 valence electrons. The van der Waals surface area contributed by atoms with Crippen LogP contribution in [0, 0.1) is 0 Å². The first-order chi connectivity index (χ1) is 14.5. The third-order valence-electron chi connectivity index (χ3n) is 5.59. The Balaban J connectivity index is 1.48. The number of nitrogens with zero attached hydrogens (tertiary/aromatic N) is 5. The van der Waals surface area contributed by atoms with Crippen molar-refractivity contribution in [2.45, 2.75) is 24.8 Å². The van der Waals surface area contributed by atoms with E-state index in [0.29, 0.717) is 29.7 Å². The molecule has 1 saturated carbocycles. The van der Waals surface area contributed by atoms with E-state index in [9.17, 15) is 8.78 Å². The summed E-state index contributed by atoms with van der Waals surface area (Å²) in [6.45, 7) is 3.69. The van der Waals surface area contributed by atoms with E-state index in [0.717, 1.165) is 37.5 Å². The van der Waals surface area contributed by atoms with Gasteiger partial charge in [-0.1, -0.05) is 12.1 Å². The molecule has 0 amide bonds. The van der Waals surface area contributed by atoms with Crippen LogP contribution in [0.25, 0.3) is 5.65 Å². The van der Waals surface area contributed by atoms with Crippen LogP contribution in [0.4, 0.5) is 20.7 Å². The highest BCUT2D eigenvalue weighted by Crippen LogP contribution is 2.56. The second-order valence-corrected chi connectivity index (χ2v) is 7.64. The predicted molar refractivity (Wildman–Crippen MR) is 108 cm³/mol. The van der Waals surface area contributed by atoms with Gasteiger partial charge in [0.15, 0.2) is 5.65 Å². The highest BCUT2D eigenvalue weighted by molar-refractivity contribution is 5.58. The summed E-state index contributed by atoms with van der Waals surface area (Å²) in [5.41, 5.74) is 1.96. The van der Waals surface area contributed by atoms with Crippen molar-refractivity contribution in [2.75, 3.05) is 43.5 Å².